The molecule has 6 heteroatoms. The summed E-state index contributed by atoms with van der Waals surface area (Å²) in [5, 5.41) is 0.899. The summed E-state index contributed by atoms with van der Waals surface area (Å²) in [7, 11) is 0. The lowest BCUT2D eigenvalue weighted by atomic mass is 10.0. The number of nitrogens with zero attached hydrogens (tertiary/aromatic N) is 3. The molecule has 126 valence electrons. The molecule has 1 aliphatic heterocycles. The van der Waals surface area contributed by atoms with Crippen LogP contribution in [0.15, 0.2) is 36.5 Å². The SMILES string of the molecule is CCN1C(=O)COc2cc3nc(-c4ncccc4F)cc(C)c3cc21. The van der Waals surface area contributed by atoms with Crippen LogP contribution in [0.1, 0.15) is 12.5 Å². The number of anilines is 1. The van der Waals surface area contributed by atoms with E-state index >= 15 is 0 Å². The third-order valence-corrected chi connectivity index (χ3v) is 4.36. The van der Waals surface area contributed by atoms with E-state index < -0.39 is 5.82 Å². The molecule has 0 bridgehead atoms. The van der Waals surface area contributed by atoms with Gasteiger partial charge in [-0.05, 0) is 43.7 Å². The molecule has 0 spiro atoms. The average Bonchev–Trinajstić information content (AvgIpc) is 2.61. The maximum absolute atomic E-state index is 14.0. The summed E-state index contributed by atoms with van der Waals surface area (Å²) in [4.78, 5) is 22.4. The van der Waals surface area contributed by atoms with Gasteiger partial charge in [-0.1, -0.05) is 0 Å². The number of fused-ring (bicyclic) bond motifs is 2. The van der Waals surface area contributed by atoms with Gasteiger partial charge in [0, 0.05) is 24.2 Å². The van der Waals surface area contributed by atoms with Crippen molar-refractivity contribution >= 4 is 22.5 Å². The van der Waals surface area contributed by atoms with E-state index in [-0.39, 0.29) is 18.2 Å². The first-order valence-electron chi connectivity index (χ1n) is 8.08. The van der Waals surface area contributed by atoms with E-state index in [0.29, 0.717) is 23.5 Å². The highest BCUT2D eigenvalue weighted by atomic mass is 19.1. The van der Waals surface area contributed by atoms with Crippen LogP contribution in [0.2, 0.25) is 0 Å². The fraction of sp³-hybridized carbons (Fsp3) is 0.211. The lowest BCUT2D eigenvalue weighted by molar-refractivity contribution is -0.121. The fourth-order valence-corrected chi connectivity index (χ4v) is 3.13. The first-order valence-corrected chi connectivity index (χ1v) is 8.08. The number of hydrogen-bond acceptors (Lipinski definition) is 4. The van der Waals surface area contributed by atoms with Gasteiger partial charge in [0.05, 0.1) is 16.9 Å². The molecule has 3 aromatic rings. The van der Waals surface area contributed by atoms with Crippen molar-refractivity contribution in [3.8, 4) is 17.1 Å². The number of hydrogen-bond donors (Lipinski definition) is 0. The van der Waals surface area contributed by atoms with Crippen LogP contribution in [0.25, 0.3) is 22.3 Å². The number of halogens is 1. The van der Waals surface area contributed by atoms with Crippen molar-refractivity contribution in [2.45, 2.75) is 13.8 Å². The number of likely N-dealkylation sites (N-methyl/N-ethyl adjacent to an activating group) is 1. The second-order valence-corrected chi connectivity index (χ2v) is 5.92. The van der Waals surface area contributed by atoms with E-state index in [9.17, 15) is 9.18 Å². The highest BCUT2D eigenvalue weighted by Crippen LogP contribution is 2.37. The first kappa shape index (κ1) is 15.5. The molecule has 4 rings (SSSR count). The van der Waals surface area contributed by atoms with Crippen molar-refractivity contribution in [2.75, 3.05) is 18.1 Å². The van der Waals surface area contributed by atoms with Crippen molar-refractivity contribution in [1.82, 2.24) is 9.97 Å². The molecule has 0 atom stereocenters. The molecule has 0 aliphatic carbocycles. The van der Waals surface area contributed by atoms with Crippen LogP contribution in [-0.4, -0.2) is 29.0 Å². The molecule has 3 heterocycles. The minimum atomic E-state index is -0.411. The number of rotatable bonds is 2. The van der Waals surface area contributed by atoms with Crippen LogP contribution in [-0.2, 0) is 4.79 Å². The van der Waals surface area contributed by atoms with Crippen molar-refractivity contribution in [3.63, 3.8) is 0 Å². The predicted molar refractivity (Wildman–Crippen MR) is 93.2 cm³/mol. The molecule has 1 aliphatic rings. The molecule has 25 heavy (non-hydrogen) atoms. The summed E-state index contributed by atoms with van der Waals surface area (Å²) in [6.45, 7) is 4.45. The van der Waals surface area contributed by atoms with E-state index in [0.717, 1.165) is 16.6 Å². The van der Waals surface area contributed by atoms with E-state index in [4.69, 9.17) is 4.74 Å². The molecule has 0 saturated carbocycles. The van der Waals surface area contributed by atoms with Crippen LogP contribution in [0, 0.1) is 12.7 Å². The maximum Gasteiger partial charge on any atom is 0.265 e. The number of amides is 1. The topological polar surface area (TPSA) is 55.3 Å². The monoisotopic (exact) mass is 337 g/mol. The molecule has 1 aromatic carbocycles. The lowest BCUT2D eigenvalue weighted by Crippen LogP contribution is -2.38. The number of carbonyl (C=O) groups excluding carboxylic acids is 1. The van der Waals surface area contributed by atoms with Gasteiger partial charge in [-0.3, -0.25) is 9.78 Å². The van der Waals surface area contributed by atoms with Gasteiger partial charge in [-0.15, -0.1) is 0 Å². The van der Waals surface area contributed by atoms with Gasteiger partial charge in [0.1, 0.15) is 11.4 Å². The van der Waals surface area contributed by atoms with Crippen LogP contribution < -0.4 is 9.64 Å². The molecule has 0 radical (unpaired) electrons. The second-order valence-electron chi connectivity index (χ2n) is 5.92. The second kappa shape index (κ2) is 5.81. The molecule has 5 nitrogen and oxygen atoms in total. The Hall–Kier alpha value is -3.02. The zero-order chi connectivity index (χ0) is 17.6. The Labute approximate surface area is 144 Å². The normalized spacial score (nSPS) is 13.7. The third-order valence-electron chi connectivity index (χ3n) is 4.36. The molecular weight excluding hydrogens is 321 g/mol. The Morgan fingerprint density at radius 1 is 1.32 bits per heavy atom. The molecule has 0 saturated heterocycles. The highest BCUT2D eigenvalue weighted by molar-refractivity contribution is 6.01. The van der Waals surface area contributed by atoms with E-state index in [1.807, 2.05) is 26.0 Å². The Kier molecular flexibility index (Phi) is 3.60. The number of carbonyl (C=O) groups is 1. The summed E-state index contributed by atoms with van der Waals surface area (Å²) in [6.07, 6.45) is 1.54. The third kappa shape index (κ3) is 2.50. The van der Waals surface area contributed by atoms with Gasteiger partial charge < -0.3 is 9.64 Å². The largest absolute Gasteiger partial charge is 0.481 e. The van der Waals surface area contributed by atoms with Crippen molar-refractivity contribution in [3.05, 3.63) is 47.9 Å². The summed E-state index contributed by atoms with van der Waals surface area (Å²) in [6, 6.07) is 8.43. The van der Waals surface area contributed by atoms with Gasteiger partial charge in [0.2, 0.25) is 0 Å². The van der Waals surface area contributed by atoms with Crippen LogP contribution in [0.3, 0.4) is 0 Å². The first-order chi connectivity index (χ1) is 12.1. The smallest absolute Gasteiger partial charge is 0.265 e. The molecule has 0 unspecified atom stereocenters. The van der Waals surface area contributed by atoms with E-state index in [2.05, 4.69) is 9.97 Å². The fourth-order valence-electron chi connectivity index (χ4n) is 3.13. The minimum Gasteiger partial charge on any atom is -0.481 e. The van der Waals surface area contributed by atoms with Crippen molar-refractivity contribution < 1.29 is 13.9 Å². The van der Waals surface area contributed by atoms with Crippen LogP contribution in [0.4, 0.5) is 10.1 Å². The number of ether oxygens (including phenoxy) is 1. The maximum atomic E-state index is 14.0. The zero-order valence-corrected chi connectivity index (χ0v) is 13.9. The van der Waals surface area contributed by atoms with Gasteiger partial charge in [0.15, 0.2) is 12.4 Å². The Morgan fingerprint density at radius 3 is 2.92 bits per heavy atom. The summed E-state index contributed by atoms with van der Waals surface area (Å²) >= 11 is 0. The predicted octanol–water partition coefficient (Wildman–Crippen LogP) is 3.49. The molecule has 1 amide bonds. The van der Waals surface area contributed by atoms with Gasteiger partial charge in [0.25, 0.3) is 5.91 Å². The highest BCUT2D eigenvalue weighted by Gasteiger charge is 2.25. The quantitative estimate of drug-likeness (QED) is 0.718. The van der Waals surface area contributed by atoms with Gasteiger partial charge in [-0.2, -0.15) is 0 Å². The summed E-state index contributed by atoms with van der Waals surface area (Å²) in [5.41, 5.74) is 3.05. The van der Waals surface area contributed by atoms with Crippen LogP contribution >= 0.6 is 0 Å². The minimum absolute atomic E-state index is 0.0138. The Balaban J connectivity index is 1.92. The van der Waals surface area contributed by atoms with Gasteiger partial charge >= 0.3 is 0 Å². The number of benzene rings is 1. The summed E-state index contributed by atoms with van der Waals surface area (Å²) < 4.78 is 19.6. The van der Waals surface area contributed by atoms with E-state index in [1.54, 1.807) is 23.2 Å². The van der Waals surface area contributed by atoms with Crippen molar-refractivity contribution in [1.29, 1.82) is 0 Å². The van der Waals surface area contributed by atoms with E-state index in [1.165, 1.54) is 6.07 Å². The zero-order valence-electron chi connectivity index (χ0n) is 13.9. The summed E-state index contributed by atoms with van der Waals surface area (Å²) in [5.74, 6) is 0.136. The lowest BCUT2D eigenvalue weighted by Gasteiger charge is -2.28. The van der Waals surface area contributed by atoms with Gasteiger partial charge in [-0.25, -0.2) is 9.37 Å². The Bertz CT molecular complexity index is 1000. The average molecular weight is 337 g/mol. The number of aryl methyl sites for hydroxylation is 1. The molecule has 0 N–H and O–H groups in total. The number of aromatic nitrogens is 2. The molecular formula is C19H16FN3O2. The number of pyridine rings is 2. The molecule has 2 aromatic heterocycles. The molecule has 0 fully saturated rings. The van der Waals surface area contributed by atoms with Crippen LogP contribution in [0.5, 0.6) is 5.75 Å². The van der Waals surface area contributed by atoms with Crippen molar-refractivity contribution in [2.24, 2.45) is 0 Å². The standard InChI is InChI=1S/C19H16FN3O2/c1-3-23-16-8-12-11(2)7-15(19-13(20)5-4-6-21-19)22-14(12)9-17(16)25-10-18(23)24/h4-9H,3,10H2,1-2H3. The Morgan fingerprint density at radius 2 is 2.16 bits per heavy atom.